The van der Waals surface area contributed by atoms with Crippen LogP contribution in [-0.2, 0) is 0 Å². The Bertz CT molecular complexity index is 164. The van der Waals surface area contributed by atoms with E-state index in [4.69, 9.17) is 0 Å². The van der Waals surface area contributed by atoms with Crippen molar-refractivity contribution in [3.63, 3.8) is 0 Å². The number of hydrogen-bond acceptors (Lipinski definition) is 3. The molecule has 0 amide bonds. The molecule has 0 radical (unpaired) electrons. The van der Waals surface area contributed by atoms with Crippen LogP contribution in [0.2, 0.25) is 0 Å². The van der Waals surface area contributed by atoms with Crippen molar-refractivity contribution in [1.29, 1.82) is 0 Å². The molecule has 0 spiro atoms. The Morgan fingerprint density at radius 3 is 2.62 bits per heavy atom. The Morgan fingerprint density at radius 2 is 2.15 bits per heavy atom. The van der Waals surface area contributed by atoms with E-state index in [-0.39, 0.29) is 56.3 Å². The van der Waals surface area contributed by atoms with Crippen LogP contribution in [0, 0.1) is 0 Å². The monoisotopic (exact) mass is 169 g/mol. The second-order valence-electron chi connectivity index (χ2n) is 2.78. The minimum Gasteiger partial charge on any atom is -0.861 e. The summed E-state index contributed by atoms with van der Waals surface area (Å²) in [6, 6.07) is -0.0429. The number of hydrogen-bond donors (Lipinski definition) is 0. The molecule has 1 atom stereocenters. The summed E-state index contributed by atoms with van der Waals surface area (Å²) in [4.78, 5) is 1.67. The van der Waals surface area contributed by atoms with Gasteiger partial charge in [-0.1, -0.05) is 6.08 Å². The first kappa shape index (κ1) is 15.9. The summed E-state index contributed by atoms with van der Waals surface area (Å²) in [5.74, 6) is 0.00310. The van der Waals surface area contributed by atoms with Crippen molar-refractivity contribution >= 4 is 0 Å². The van der Waals surface area contributed by atoms with Crippen LogP contribution in [0.15, 0.2) is 12.0 Å². The van der Waals surface area contributed by atoms with Crippen molar-refractivity contribution in [2.24, 2.45) is 0 Å². The Labute approximate surface area is 104 Å². The summed E-state index contributed by atoms with van der Waals surface area (Å²) in [5, 5.41) is 21.7. The summed E-state index contributed by atoms with van der Waals surface area (Å²) >= 11 is 0. The SMILES string of the molecule is C/C=C(\[O-])N1CCC[C@@H]1C[O-].[Li+].[Li+]. The molecule has 0 N–H and O–H groups in total. The Balaban J connectivity index is 0. The van der Waals surface area contributed by atoms with Gasteiger partial charge in [-0.15, -0.1) is 6.61 Å². The molecule has 64 valence electrons. The Morgan fingerprint density at radius 1 is 1.54 bits per heavy atom. The third kappa shape index (κ3) is 4.02. The van der Waals surface area contributed by atoms with Crippen molar-refractivity contribution in [2.75, 3.05) is 13.2 Å². The molecule has 1 heterocycles. The first-order valence-electron chi connectivity index (χ1n) is 3.97. The van der Waals surface area contributed by atoms with Gasteiger partial charge in [0.15, 0.2) is 0 Å². The van der Waals surface area contributed by atoms with Crippen LogP contribution >= 0.6 is 0 Å². The number of nitrogens with zero attached hydrogens (tertiary/aromatic N) is 1. The van der Waals surface area contributed by atoms with Gasteiger partial charge in [0.05, 0.1) is 0 Å². The Hall–Kier alpha value is 0.495. The average Bonchev–Trinajstić information content (AvgIpc) is 2.50. The third-order valence-corrected chi connectivity index (χ3v) is 2.10. The molecule has 0 aromatic rings. The predicted octanol–water partition coefficient (Wildman–Crippen LogP) is -6.96. The van der Waals surface area contributed by atoms with E-state index in [9.17, 15) is 10.2 Å². The van der Waals surface area contributed by atoms with Gasteiger partial charge in [-0.2, -0.15) is 0 Å². The number of likely N-dealkylation sites (tertiary alicyclic amines) is 1. The topological polar surface area (TPSA) is 49.4 Å². The van der Waals surface area contributed by atoms with E-state index in [2.05, 4.69) is 0 Å². The molecule has 0 unspecified atom stereocenters. The van der Waals surface area contributed by atoms with Gasteiger partial charge >= 0.3 is 37.7 Å². The molecule has 1 aliphatic heterocycles. The summed E-state index contributed by atoms with van der Waals surface area (Å²) in [6.45, 7) is 2.32. The number of rotatable bonds is 2. The molecule has 0 aromatic heterocycles. The molecule has 3 nitrogen and oxygen atoms in total. The third-order valence-electron chi connectivity index (χ3n) is 2.10. The maximum atomic E-state index is 11.1. The molecular formula is C8H13Li2NO2. The van der Waals surface area contributed by atoms with Crippen LogP contribution in [0.5, 0.6) is 0 Å². The van der Waals surface area contributed by atoms with E-state index < -0.39 is 0 Å². The zero-order valence-corrected chi connectivity index (χ0v) is 8.75. The van der Waals surface area contributed by atoms with Gasteiger partial charge < -0.3 is 15.1 Å². The second-order valence-corrected chi connectivity index (χ2v) is 2.78. The quantitative estimate of drug-likeness (QED) is 0.305. The van der Waals surface area contributed by atoms with Crippen molar-refractivity contribution in [3.8, 4) is 0 Å². The van der Waals surface area contributed by atoms with Crippen molar-refractivity contribution in [2.45, 2.75) is 25.8 Å². The van der Waals surface area contributed by atoms with Crippen LogP contribution in [-0.4, -0.2) is 24.1 Å². The molecule has 1 aliphatic rings. The van der Waals surface area contributed by atoms with Crippen LogP contribution in [0.25, 0.3) is 0 Å². The predicted molar refractivity (Wildman–Crippen MR) is 38.4 cm³/mol. The fourth-order valence-corrected chi connectivity index (χ4v) is 1.46. The second kappa shape index (κ2) is 7.86. The molecule has 0 bridgehead atoms. The van der Waals surface area contributed by atoms with Gasteiger partial charge in [-0.25, -0.2) is 0 Å². The molecule has 1 fully saturated rings. The molecule has 1 rings (SSSR count). The van der Waals surface area contributed by atoms with Gasteiger partial charge in [-0.3, -0.25) is 0 Å². The van der Waals surface area contributed by atoms with Gasteiger partial charge in [-0.05, 0) is 25.6 Å². The van der Waals surface area contributed by atoms with Crippen molar-refractivity contribution in [1.82, 2.24) is 4.90 Å². The first-order valence-corrected chi connectivity index (χ1v) is 3.97. The molecule has 5 heteroatoms. The fourth-order valence-electron chi connectivity index (χ4n) is 1.46. The van der Waals surface area contributed by atoms with Crippen LogP contribution in [0.4, 0.5) is 0 Å². The van der Waals surface area contributed by atoms with Gasteiger partial charge in [0.1, 0.15) is 0 Å². The largest absolute Gasteiger partial charge is 1.00 e. The van der Waals surface area contributed by atoms with E-state index >= 15 is 0 Å². The average molecular weight is 169 g/mol. The molecule has 1 saturated heterocycles. The van der Waals surface area contributed by atoms with E-state index in [1.807, 2.05) is 0 Å². The molecule has 0 saturated carbocycles. The molecule has 0 aliphatic carbocycles. The fraction of sp³-hybridized carbons (Fsp3) is 0.750. The van der Waals surface area contributed by atoms with Crippen LogP contribution in [0.3, 0.4) is 0 Å². The maximum absolute atomic E-state index is 11.1. The standard InChI is InChI=1S/C8H14NO2.2Li/c1-2-8(11)9-5-3-4-7(9)6-10;;/h2,7,11H,3-6H2,1H3;;/q-1;2*+1/p-1/b8-2-;;/t7-;;/m1../s1. The molecule has 0 aromatic carbocycles. The van der Waals surface area contributed by atoms with E-state index in [0.29, 0.717) is 0 Å². The molecule has 13 heavy (non-hydrogen) atoms. The minimum absolute atomic E-state index is 0. The summed E-state index contributed by atoms with van der Waals surface area (Å²) < 4.78 is 0. The normalized spacial score (nSPS) is 22.2. The summed E-state index contributed by atoms with van der Waals surface area (Å²) in [6.07, 6.45) is 3.38. The van der Waals surface area contributed by atoms with Crippen molar-refractivity contribution in [3.05, 3.63) is 12.0 Å². The minimum atomic E-state index is -0.153. The summed E-state index contributed by atoms with van der Waals surface area (Å²) in [7, 11) is 0. The first-order chi connectivity index (χ1) is 5.29. The van der Waals surface area contributed by atoms with E-state index in [1.54, 1.807) is 11.8 Å². The Kier molecular flexibility index (Phi) is 9.64. The van der Waals surface area contributed by atoms with Crippen molar-refractivity contribution < 1.29 is 47.9 Å². The van der Waals surface area contributed by atoms with Crippen LogP contribution in [0.1, 0.15) is 19.8 Å². The van der Waals surface area contributed by atoms with Gasteiger partial charge in [0.2, 0.25) is 0 Å². The maximum Gasteiger partial charge on any atom is 1.00 e. The van der Waals surface area contributed by atoms with Crippen LogP contribution < -0.4 is 47.9 Å². The summed E-state index contributed by atoms with van der Waals surface area (Å²) in [5.41, 5.74) is 0. The zero-order valence-electron chi connectivity index (χ0n) is 8.75. The number of allylic oxidation sites excluding steroid dienone is 1. The smallest absolute Gasteiger partial charge is 0.861 e. The van der Waals surface area contributed by atoms with E-state index in [1.165, 1.54) is 6.08 Å². The molecular weight excluding hydrogens is 156 g/mol. The van der Waals surface area contributed by atoms with E-state index in [0.717, 1.165) is 19.4 Å². The zero-order chi connectivity index (χ0) is 8.27. The van der Waals surface area contributed by atoms with Gasteiger partial charge in [0, 0.05) is 12.6 Å². The van der Waals surface area contributed by atoms with Gasteiger partial charge in [0.25, 0.3) is 0 Å².